The van der Waals surface area contributed by atoms with E-state index in [9.17, 15) is 4.57 Å². The van der Waals surface area contributed by atoms with E-state index in [1.807, 2.05) is 0 Å². The molecule has 0 amide bonds. The second kappa shape index (κ2) is 8.10. The van der Waals surface area contributed by atoms with E-state index in [0.29, 0.717) is 12.8 Å². The van der Waals surface area contributed by atoms with Gasteiger partial charge in [-0.2, -0.15) is 0 Å². The number of phosphoric ester groups is 1. The average Bonchev–Trinajstić information content (AvgIpc) is 1.78. The van der Waals surface area contributed by atoms with E-state index in [-0.39, 0.29) is 58.0 Å². The van der Waals surface area contributed by atoms with Gasteiger partial charge in [-0.15, -0.1) is 6.58 Å². The first kappa shape index (κ1) is 15.0. The van der Waals surface area contributed by atoms with E-state index in [4.69, 9.17) is 9.79 Å². The first-order chi connectivity index (χ1) is 4.56. The summed E-state index contributed by atoms with van der Waals surface area (Å²) in [5, 5.41) is 0. The standard InChI is InChI=1S/C5H11O4P.K.H/c1-2-3-4-5-9-10(6,7)8;;/h2H,1,3-5H2,(H2,6,7,8);;. The Morgan fingerprint density at radius 3 is 2.45 bits per heavy atom. The third-order valence-corrected chi connectivity index (χ3v) is 1.33. The SMILES string of the molecule is C=CCCCOP(=O)(O)O.[KH]. The van der Waals surface area contributed by atoms with Gasteiger partial charge in [-0.1, -0.05) is 6.08 Å². The van der Waals surface area contributed by atoms with Crippen molar-refractivity contribution in [2.45, 2.75) is 12.8 Å². The summed E-state index contributed by atoms with van der Waals surface area (Å²) in [5.41, 5.74) is 0. The molecule has 0 fully saturated rings. The van der Waals surface area contributed by atoms with Crippen molar-refractivity contribution < 1.29 is 18.9 Å². The number of rotatable bonds is 5. The van der Waals surface area contributed by atoms with Crippen LogP contribution < -0.4 is 0 Å². The Bertz CT molecular complexity index is 143. The molecule has 62 valence electrons. The van der Waals surface area contributed by atoms with Gasteiger partial charge in [0.15, 0.2) is 0 Å². The van der Waals surface area contributed by atoms with Crippen LogP contribution in [0.25, 0.3) is 0 Å². The van der Waals surface area contributed by atoms with Crippen molar-refractivity contribution in [3.63, 3.8) is 0 Å². The molecule has 0 bridgehead atoms. The Kier molecular flexibility index (Phi) is 11.0. The maximum atomic E-state index is 10.0. The third kappa shape index (κ3) is 14.4. The maximum absolute atomic E-state index is 10.0. The van der Waals surface area contributed by atoms with Crippen LogP contribution in [0.2, 0.25) is 0 Å². The summed E-state index contributed by atoms with van der Waals surface area (Å²) < 4.78 is 14.2. The molecule has 11 heavy (non-hydrogen) atoms. The Labute approximate surface area is 109 Å². The van der Waals surface area contributed by atoms with Crippen LogP contribution in [0.1, 0.15) is 12.8 Å². The molecule has 0 aliphatic carbocycles. The molecular formula is C5H12KO4P. The molecule has 0 unspecified atom stereocenters. The van der Waals surface area contributed by atoms with Crippen molar-refractivity contribution >= 4 is 59.2 Å². The molecule has 0 aliphatic rings. The van der Waals surface area contributed by atoms with Crippen LogP contribution >= 0.6 is 7.82 Å². The van der Waals surface area contributed by atoms with Gasteiger partial charge in [0.1, 0.15) is 0 Å². The van der Waals surface area contributed by atoms with Crippen LogP contribution in [0, 0.1) is 0 Å². The third-order valence-electron chi connectivity index (χ3n) is 0.812. The second-order valence-electron chi connectivity index (χ2n) is 1.75. The fraction of sp³-hybridized carbons (Fsp3) is 0.600. The molecule has 0 aromatic carbocycles. The first-order valence-corrected chi connectivity index (χ1v) is 4.40. The Hall–Kier alpha value is 1.49. The van der Waals surface area contributed by atoms with Gasteiger partial charge in [0, 0.05) is 0 Å². The molecule has 0 atom stereocenters. The number of unbranched alkanes of at least 4 members (excludes halogenated alkanes) is 1. The fourth-order valence-corrected chi connectivity index (χ4v) is 0.778. The molecule has 4 nitrogen and oxygen atoms in total. The van der Waals surface area contributed by atoms with E-state index in [1.54, 1.807) is 6.08 Å². The average molecular weight is 206 g/mol. The normalized spacial score (nSPS) is 10.4. The molecule has 6 heteroatoms. The van der Waals surface area contributed by atoms with Crippen LogP contribution in [-0.4, -0.2) is 67.8 Å². The van der Waals surface area contributed by atoms with E-state index in [2.05, 4.69) is 11.1 Å². The van der Waals surface area contributed by atoms with Gasteiger partial charge in [0.25, 0.3) is 0 Å². The number of hydrogen-bond donors (Lipinski definition) is 2. The molecule has 0 aromatic rings. The van der Waals surface area contributed by atoms with Gasteiger partial charge in [0.05, 0.1) is 6.61 Å². The van der Waals surface area contributed by atoms with E-state index in [0.717, 1.165) is 0 Å². The molecule has 0 rings (SSSR count). The van der Waals surface area contributed by atoms with Crippen molar-refractivity contribution in [1.29, 1.82) is 0 Å². The monoisotopic (exact) mass is 206 g/mol. The molecule has 0 saturated carbocycles. The predicted octanol–water partition coefficient (Wildman–Crippen LogP) is 0.413. The summed E-state index contributed by atoms with van der Waals surface area (Å²) >= 11 is 0. The van der Waals surface area contributed by atoms with E-state index < -0.39 is 7.82 Å². The van der Waals surface area contributed by atoms with Crippen LogP contribution in [0.4, 0.5) is 0 Å². The van der Waals surface area contributed by atoms with E-state index in [1.165, 1.54) is 0 Å². The summed E-state index contributed by atoms with van der Waals surface area (Å²) in [4.78, 5) is 16.4. The van der Waals surface area contributed by atoms with Gasteiger partial charge >= 0.3 is 59.2 Å². The van der Waals surface area contributed by atoms with Crippen molar-refractivity contribution in [2.24, 2.45) is 0 Å². The summed E-state index contributed by atoms with van der Waals surface area (Å²) in [5.74, 6) is 0. The van der Waals surface area contributed by atoms with Gasteiger partial charge < -0.3 is 9.79 Å². The van der Waals surface area contributed by atoms with Gasteiger partial charge in [-0.05, 0) is 12.8 Å². The summed E-state index contributed by atoms with van der Waals surface area (Å²) in [7, 11) is -4.24. The van der Waals surface area contributed by atoms with Gasteiger partial charge in [-0.25, -0.2) is 4.57 Å². The second-order valence-corrected chi connectivity index (χ2v) is 2.99. The van der Waals surface area contributed by atoms with Crippen molar-refractivity contribution in [3.05, 3.63) is 12.7 Å². The van der Waals surface area contributed by atoms with Crippen molar-refractivity contribution in [2.75, 3.05) is 6.61 Å². The van der Waals surface area contributed by atoms with Crippen LogP contribution in [0.3, 0.4) is 0 Å². The molecule has 0 heterocycles. The fourth-order valence-electron chi connectivity index (χ4n) is 0.411. The van der Waals surface area contributed by atoms with Crippen LogP contribution in [0.5, 0.6) is 0 Å². The zero-order chi connectivity index (χ0) is 8.04. The van der Waals surface area contributed by atoms with Crippen LogP contribution in [-0.2, 0) is 9.09 Å². The minimum atomic E-state index is -4.24. The van der Waals surface area contributed by atoms with Gasteiger partial charge in [-0.3, -0.25) is 4.52 Å². The zero-order valence-electron chi connectivity index (χ0n) is 5.56. The number of hydrogen-bond acceptors (Lipinski definition) is 2. The molecule has 0 radical (unpaired) electrons. The Morgan fingerprint density at radius 2 is 2.09 bits per heavy atom. The molecule has 0 spiro atoms. The first-order valence-electron chi connectivity index (χ1n) is 2.87. The predicted molar refractivity (Wildman–Crippen MR) is 44.6 cm³/mol. The zero-order valence-corrected chi connectivity index (χ0v) is 6.46. The minimum absolute atomic E-state index is 0. The molecular weight excluding hydrogens is 194 g/mol. The van der Waals surface area contributed by atoms with Crippen LogP contribution in [0.15, 0.2) is 12.7 Å². The summed E-state index contributed by atoms with van der Waals surface area (Å²) in [6, 6.07) is 0. The summed E-state index contributed by atoms with van der Waals surface area (Å²) in [6.07, 6.45) is 2.97. The van der Waals surface area contributed by atoms with Crippen molar-refractivity contribution in [1.82, 2.24) is 0 Å². The topological polar surface area (TPSA) is 66.8 Å². The quantitative estimate of drug-likeness (QED) is 0.296. The van der Waals surface area contributed by atoms with Gasteiger partial charge in [0.2, 0.25) is 0 Å². The molecule has 0 aromatic heterocycles. The molecule has 0 saturated heterocycles. The molecule has 2 N–H and O–H groups in total. The number of phosphoric acid groups is 1. The summed E-state index contributed by atoms with van der Waals surface area (Å²) in [6.45, 7) is 3.52. The Balaban J connectivity index is 0. The van der Waals surface area contributed by atoms with Crippen molar-refractivity contribution in [3.8, 4) is 0 Å². The molecule has 0 aliphatic heterocycles. The van der Waals surface area contributed by atoms with E-state index >= 15 is 0 Å². The number of allylic oxidation sites excluding steroid dienone is 1. The Morgan fingerprint density at radius 1 is 1.55 bits per heavy atom.